The van der Waals surface area contributed by atoms with Crippen molar-refractivity contribution in [3.8, 4) is 11.3 Å². The van der Waals surface area contributed by atoms with Crippen LogP contribution in [0.25, 0.3) is 11.3 Å². The maximum atomic E-state index is 12.1. The van der Waals surface area contributed by atoms with Gasteiger partial charge >= 0.3 is 0 Å². The molecule has 1 aliphatic carbocycles. The molecule has 4 rings (SSSR count). The lowest BCUT2D eigenvalue weighted by atomic mass is 10.0. The van der Waals surface area contributed by atoms with Gasteiger partial charge in [-0.3, -0.25) is 4.79 Å². The topological polar surface area (TPSA) is 51.0 Å². The van der Waals surface area contributed by atoms with E-state index in [1.807, 2.05) is 44.2 Å². The predicted octanol–water partition coefficient (Wildman–Crippen LogP) is 4.48. The second-order valence-corrected chi connectivity index (χ2v) is 8.67. The van der Waals surface area contributed by atoms with Gasteiger partial charge in [0, 0.05) is 38.8 Å². The monoisotopic (exact) mass is 411 g/mol. The summed E-state index contributed by atoms with van der Waals surface area (Å²) in [7, 11) is 5.61. The number of carbonyl (C=O) groups is 1. The Bertz CT molecular complexity index is 998. The molecular formula is C21H21ClN4OS. The highest BCUT2D eigenvalue weighted by molar-refractivity contribution is 7.99. The fourth-order valence-electron chi connectivity index (χ4n) is 3.32. The molecule has 0 spiro atoms. The number of amides is 1. The third kappa shape index (κ3) is 3.80. The molecule has 1 aromatic carbocycles. The summed E-state index contributed by atoms with van der Waals surface area (Å²) in [6, 6.07) is 12.2. The van der Waals surface area contributed by atoms with Crippen molar-refractivity contribution in [1.29, 1.82) is 0 Å². The van der Waals surface area contributed by atoms with Gasteiger partial charge in [0.2, 0.25) is 5.91 Å². The Labute approximate surface area is 173 Å². The minimum Gasteiger partial charge on any atom is -0.349 e. The summed E-state index contributed by atoms with van der Waals surface area (Å²) in [6.45, 7) is 0. The smallest absolute Gasteiger partial charge is 0.225 e. The van der Waals surface area contributed by atoms with Crippen molar-refractivity contribution in [2.75, 3.05) is 14.1 Å². The quantitative estimate of drug-likeness (QED) is 0.621. The largest absolute Gasteiger partial charge is 0.349 e. The Kier molecular flexibility index (Phi) is 5.17. The lowest BCUT2D eigenvalue weighted by Crippen LogP contribution is -2.23. The lowest BCUT2D eigenvalue weighted by molar-refractivity contribution is -0.130. The molecule has 1 fully saturated rings. The van der Waals surface area contributed by atoms with Crippen molar-refractivity contribution in [3.05, 3.63) is 59.5 Å². The van der Waals surface area contributed by atoms with E-state index in [1.165, 1.54) is 5.56 Å². The SMILES string of the molecule is CN([11CH3])C(=O)[C@H]1CC1c1ccc(-c2ncn(C)c2Sc2ccc(Cl)cn2)cc1. The van der Waals surface area contributed by atoms with Crippen molar-refractivity contribution in [2.24, 2.45) is 13.0 Å². The van der Waals surface area contributed by atoms with E-state index < -0.39 is 0 Å². The molecule has 5 nitrogen and oxygen atoms in total. The Balaban J connectivity index is 1.54. The van der Waals surface area contributed by atoms with E-state index in [4.69, 9.17) is 11.6 Å². The summed E-state index contributed by atoms with van der Waals surface area (Å²) in [5, 5.41) is 2.51. The first-order valence-electron chi connectivity index (χ1n) is 9.06. The molecule has 0 aliphatic heterocycles. The molecule has 0 N–H and O–H groups in total. The second-order valence-electron chi connectivity index (χ2n) is 7.23. The summed E-state index contributed by atoms with van der Waals surface area (Å²) in [4.78, 5) is 22.7. The van der Waals surface area contributed by atoms with Crippen LogP contribution in [0.3, 0.4) is 0 Å². The number of imidazole rings is 1. The van der Waals surface area contributed by atoms with Crippen LogP contribution in [0.1, 0.15) is 17.9 Å². The molecule has 1 saturated carbocycles. The summed E-state index contributed by atoms with van der Waals surface area (Å²) in [5.74, 6) is 0.672. The first kappa shape index (κ1) is 19.0. The van der Waals surface area contributed by atoms with Crippen LogP contribution >= 0.6 is 23.4 Å². The van der Waals surface area contributed by atoms with E-state index in [1.54, 1.807) is 22.9 Å². The molecule has 2 aromatic heterocycles. The number of carbonyl (C=O) groups excluding carboxylic acids is 1. The molecule has 28 heavy (non-hydrogen) atoms. The number of hydrogen-bond donors (Lipinski definition) is 0. The highest BCUT2D eigenvalue weighted by Crippen LogP contribution is 2.48. The van der Waals surface area contributed by atoms with E-state index >= 15 is 0 Å². The van der Waals surface area contributed by atoms with Gasteiger partial charge in [0.25, 0.3) is 0 Å². The minimum atomic E-state index is 0.123. The summed E-state index contributed by atoms with van der Waals surface area (Å²) < 4.78 is 2.00. The molecule has 0 radical (unpaired) electrons. The Hall–Kier alpha value is -2.31. The fourth-order valence-corrected chi connectivity index (χ4v) is 4.32. The molecule has 0 saturated heterocycles. The Morgan fingerprint density at radius 2 is 1.93 bits per heavy atom. The summed E-state index contributed by atoms with van der Waals surface area (Å²) >= 11 is 7.49. The van der Waals surface area contributed by atoms with E-state index in [2.05, 4.69) is 34.2 Å². The predicted molar refractivity (Wildman–Crippen MR) is 112 cm³/mol. The average molecular weight is 412 g/mol. The highest BCUT2D eigenvalue weighted by atomic mass is 35.5. The van der Waals surface area contributed by atoms with E-state index in [9.17, 15) is 4.79 Å². The van der Waals surface area contributed by atoms with Gasteiger partial charge in [-0.15, -0.1) is 0 Å². The Morgan fingerprint density at radius 1 is 1.18 bits per heavy atom. The minimum absolute atomic E-state index is 0.123. The number of pyridine rings is 1. The number of halogens is 1. The van der Waals surface area contributed by atoms with Gasteiger partial charge in [-0.25, -0.2) is 9.97 Å². The van der Waals surface area contributed by atoms with Gasteiger partial charge in [-0.05, 0) is 41.8 Å². The van der Waals surface area contributed by atoms with Gasteiger partial charge in [0.15, 0.2) is 0 Å². The average Bonchev–Trinajstić information content (AvgIpc) is 3.41. The number of nitrogens with zero attached hydrogens (tertiary/aromatic N) is 4. The number of aromatic nitrogens is 3. The molecule has 2 heterocycles. The number of benzene rings is 1. The van der Waals surface area contributed by atoms with Crippen LogP contribution in [0.4, 0.5) is 0 Å². The van der Waals surface area contributed by atoms with Gasteiger partial charge in [-0.2, -0.15) is 0 Å². The van der Waals surface area contributed by atoms with Gasteiger partial charge in [0.05, 0.1) is 11.3 Å². The maximum Gasteiger partial charge on any atom is 0.225 e. The van der Waals surface area contributed by atoms with Crippen molar-refractivity contribution in [2.45, 2.75) is 22.4 Å². The van der Waals surface area contributed by atoms with E-state index in [0.717, 1.165) is 27.7 Å². The highest BCUT2D eigenvalue weighted by Gasteiger charge is 2.44. The normalized spacial score (nSPS) is 18.1. The zero-order valence-electron chi connectivity index (χ0n) is 16.0. The second kappa shape index (κ2) is 7.60. The fraction of sp³-hybridized carbons (Fsp3) is 0.286. The van der Waals surface area contributed by atoms with Crippen molar-refractivity contribution in [3.63, 3.8) is 0 Å². The molecule has 144 valence electrons. The molecule has 3 aromatic rings. The molecule has 1 amide bonds. The lowest BCUT2D eigenvalue weighted by Gasteiger charge is -2.10. The summed E-state index contributed by atoms with van der Waals surface area (Å²) in [6.07, 6.45) is 4.40. The molecule has 1 aliphatic rings. The maximum absolute atomic E-state index is 12.1. The van der Waals surface area contributed by atoms with Crippen LogP contribution in [0, 0.1) is 5.92 Å². The molecule has 0 bridgehead atoms. The van der Waals surface area contributed by atoms with Crippen LogP contribution in [0.15, 0.2) is 59.0 Å². The van der Waals surface area contributed by atoms with Gasteiger partial charge in [0.1, 0.15) is 15.7 Å². The van der Waals surface area contributed by atoms with Crippen LogP contribution in [0.2, 0.25) is 5.02 Å². The number of rotatable bonds is 5. The molecule has 2 atom stereocenters. The van der Waals surface area contributed by atoms with Crippen LogP contribution in [-0.4, -0.2) is 39.4 Å². The van der Waals surface area contributed by atoms with Gasteiger partial charge in [-0.1, -0.05) is 35.9 Å². The number of hydrogen-bond acceptors (Lipinski definition) is 4. The molecule has 7 heteroatoms. The van der Waals surface area contributed by atoms with Crippen LogP contribution in [0.5, 0.6) is 0 Å². The standard InChI is InChI=1S/C21H21ClN4OS/c1-25(2)20(27)17-10-16(17)13-4-6-14(7-5-13)19-21(26(3)12-24-19)28-18-9-8-15(22)11-23-18/h4-9,11-12,16-17H,10H2,1-3H3/t16?,17-/m0/s1/i1-1. The first-order valence-corrected chi connectivity index (χ1v) is 10.3. The van der Waals surface area contributed by atoms with Crippen LogP contribution in [-0.2, 0) is 11.8 Å². The third-order valence-electron chi connectivity index (χ3n) is 4.95. The van der Waals surface area contributed by atoms with E-state index in [-0.39, 0.29) is 11.8 Å². The van der Waals surface area contributed by atoms with Crippen molar-refractivity contribution < 1.29 is 4.79 Å². The van der Waals surface area contributed by atoms with E-state index in [0.29, 0.717) is 10.9 Å². The zero-order valence-corrected chi connectivity index (χ0v) is 17.5. The van der Waals surface area contributed by atoms with Crippen LogP contribution < -0.4 is 0 Å². The third-order valence-corrected chi connectivity index (χ3v) is 6.29. The zero-order chi connectivity index (χ0) is 19.8. The first-order chi connectivity index (χ1) is 13.4. The van der Waals surface area contributed by atoms with Gasteiger partial charge < -0.3 is 9.47 Å². The van der Waals surface area contributed by atoms with Crippen molar-refractivity contribution >= 4 is 29.3 Å². The van der Waals surface area contributed by atoms with Crippen molar-refractivity contribution in [1.82, 2.24) is 19.4 Å². The molecular weight excluding hydrogens is 391 g/mol. The summed E-state index contributed by atoms with van der Waals surface area (Å²) in [5.41, 5.74) is 3.19. The Morgan fingerprint density at radius 3 is 2.57 bits per heavy atom. The number of aryl methyl sites for hydroxylation is 1. The molecule has 1 unspecified atom stereocenters.